The number of ketones is 1. The molecule has 0 bridgehead atoms. The topological polar surface area (TPSA) is 175 Å². The van der Waals surface area contributed by atoms with Crippen molar-refractivity contribution >= 4 is 47.3 Å². The summed E-state index contributed by atoms with van der Waals surface area (Å²) >= 11 is -0.750. The number of hydrogen-bond acceptors (Lipinski definition) is 13. The summed E-state index contributed by atoms with van der Waals surface area (Å²) in [4.78, 5) is 62.8. The molecule has 71 heavy (non-hydrogen) atoms. The van der Waals surface area contributed by atoms with E-state index < -0.39 is 59.9 Å². The zero-order valence-corrected chi connectivity index (χ0v) is 40.5. The number of carbonyl (C=O) groups is 5. The first-order valence-electron chi connectivity index (χ1n) is 23.2. The van der Waals surface area contributed by atoms with Gasteiger partial charge in [-0.05, 0) is 72.5 Å². The molecule has 5 aromatic carbocycles. The Bertz CT molecular complexity index is 2570. The van der Waals surface area contributed by atoms with Crippen LogP contribution in [0.4, 0.5) is 0 Å². The molecule has 7 rings (SSSR count). The lowest BCUT2D eigenvalue weighted by molar-refractivity contribution is -0.124. The van der Waals surface area contributed by atoms with E-state index in [4.69, 9.17) is 36.8 Å². The van der Waals surface area contributed by atoms with Crippen molar-refractivity contribution in [3.05, 3.63) is 210 Å². The molecule has 0 unspecified atom stereocenters. The summed E-state index contributed by atoms with van der Waals surface area (Å²) in [6.45, 7) is 11.3. The monoisotopic (exact) mass is 982 g/mol. The average Bonchev–Trinajstić information content (AvgIpc) is 3.83. The lowest BCUT2D eigenvalue weighted by Gasteiger charge is -2.23. The van der Waals surface area contributed by atoms with Crippen molar-refractivity contribution < 1.29 is 60.8 Å². The van der Waals surface area contributed by atoms with Gasteiger partial charge in [-0.3, -0.25) is 4.79 Å². The van der Waals surface area contributed by atoms with E-state index in [1.165, 1.54) is 5.57 Å². The molecule has 370 valence electrons. The van der Waals surface area contributed by atoms with Crippen molar-refractivity contribution in [1.82, 2.24) is 0 Å². The second-order valence-electron chi connectivity index (χ2n) is 16.7. The summed E-state index contributed by atoms with van der Waals surface area (Å²) in [7, 11) is 0. The van der Waals surface area contributed by atoms with E-state index in [0.29, 0.717) is 41.5 Å². The smallest absolute Gasteiger partial charge is 0.338 e. The van der Waals surface area contributed by atoms with Crippen LogP contribution in [0.2, 0.25) is 0 Å². The van der Waals surface area contributed by atoms with Crippen LogP contribution >= 0.6 is 0 Å². The predicted molar refractivity (Wildman–Crippen MR) is 268 cm³/mol. The number of benzene rings is 5. The van der Waals surface area contributed by atoms with Crippen LogP contribution in [0.1, 0.15) is 86.5 Å². The van der Waals surface area contributed by atoms with Crippen molar-refractivity contribution in [2.24, 2.45) is 11.8 Å². The van der Waals surface area contributed by atoms with Gasteiger partial charge < -0.3 is 28.4 Å². The zero-order chi connectivity index (χ0) is 51.0. The van der Waals surface area contributed by atoms with Gasteiger partial charge in [-0.25, -0.2) is 19.2 Å². The third-order valence-corrected chi connectivity index (χ3v) is 11.7. The Labute approximate surface area is 418 Å². The minimum atomic E-state index is -0.761. The molecular formula is C57H58O13S. The fourth-order valence-electron chi connectivity index (χ4n) is 8.00. The molecule has 0 amide bonds. The van der Waals surface area contributed by atoms with Gasteiger partial charge in [0.1, 0.15) is 31.5 Å². The van der Waals surface area contributed by atoms with Gasteiger partial charge in [-0.1, -0.05) is 135 Å². The molecule has 5 aromatic rings. The Balaban J connectivity index is 0.000000254. The van der Waals surface area contributed by atoms with Crippen LogP contribution in [0.5, 0.6) is 0 Å². The molecule has 0 spiro atoms. The van der Waals surface area contributed by atoms with Gasteiger partial charge in [0.05, 0.1) is 40.6 Å². The fraction of sp³-hybridized carbons (Fsp3) is 0.281. The van der Waals surface area contributed by atoms with E-state index in [-0.39, 0.29) is 49.5 Å². The van der Waals surface area contributed by atoms with Crippen molar-refractivity contribution in [1.29, 1.82) is 0 Å². The normalized spacial score (nSPS) is 20.3. The van der Waals surface area contributed by atoms with E-state index in [1.54, 1.807) is 122 Å². The molecule has 8 atom stereocenters. The predicted octanol–water partition coefficient (Wildman–Crippen LogP) is 9.86. The molecule has 0 aromatic heterocycles. The molecule has 0 N–H and O–H groups in total. The van der Waals surface area contributed by atoms with Gasteiger partial charge >= 0.3 is 35.4 Å². The molecule has 14 heteroatoms. The molecule has 2 fully saturated rings. The molecule has 0 radical (unpaired) electrons. The molecule has 0 aliphatic carbocycles. The standard InChI is InChI=1S/C32H32O5.C25H26O6.O2S/c1-3-13-29-28(20-24-14-7-4-8-15-24)23(2)30(37-29)21-27(36-32(34)26-18-11-6-12-19-26)22-35-31(33)25-16-9-5-10-17-25;1-3-10-21-23(26)17(2)22(31-21)15-20(30-25(28)19-13-8-5-9-14-19)16-29-24(27)18-11-6-4-7-12-18;1-3-2/h3-12,14-20,23,27,29-30H,1,13,21-22H2,2H3;3-9,11-14,17,20-22H,1,10,15-16H2,2H3;/t23-,27+,29+,30-;17-,20-,21-,22+;/m10./s1. The third-order valence-electron chi connectivity index (χ3n) is 11.7. The first-order chi connectivity index (χ1) is 34.5. The van der Waals surface area contributed by atoms with Crippen LogP contribution in [0.25, 0.3) is 6.08 Å². The minimum Gasteiger partial charge on any atom is -0.458 e. The van der Waals surface area contributed by atoms with E-state index in [9.17, 15) is 24.0 Å². The molecular weight excluding hydrogens is 925 g/mol. The fourth-order valence-corrected chi connectivity index (χ4v) is 8.00. The van der Waals surface area contributed by atoms with Crippen molar-refractivity contribution in [3.63, 3.8) is 0 Å². The highest BCUT2D eigenvalue weighted by Crippen LogP contribution is 2.38. The Kier molecular flexibility index (Phi) is 22.2. The molecule has 2 aliphatic heterocycles. The van der Waals surface area contributed by atoms with Crippen LogP contribution in [0.3, 0.4) is 0 Å². The maximum atomic E-state index is 12.9. The molecule has 2 heterocycles. The zero-order valence-electron chi connectivity index (χ0n) is 39.7. The van der Waals surface area contributed by atoms with Gasteiger partial charge in [0.15, 0.2) is 5.78 Å². The Morgan fingerprint density at radius 2 is 0.873 bits per heavy atom. The summed E-state index contributed by atoms with van der Waals surface area (Å²) < 4.78 is 51.4. The van der Waals surface area contributed by atoms with Crippen LogP contribution in [0.15, 0.2) is 183 Å². The van der Waals surface area contributed by atoms with E-state index in [1.807, 2.05) is 36.4 Å². The molecule has 2 aliphatic rings. The van der Waals surface area contributed by atoms with Crippen molar-refractivity contribution in [2.45, 2.75) is 76.2 Å². The summed E-state index contributed by atoms with van der Waals surface area (Å²) in [6.07, 6.45) is 4.64. The quantitative estimate of drug-likeness (QED) is 0.0435. The van der Waals surface area contributed by atoms with Crippen LogP contribution in [-0.2, 0) is 44.8 Å². The first kappa shape index (κ1) is 54.5. The van der Waals surface area contributed by atoms with Gasteiger partial charge in [-0.2, -0.15) is 8.42 Å². The van der Waals surface area contributed by atoms with E-state index in [0.717, 1.165) is 5.56 Å². The van der Waals surface area contributed by atoms with Crippen molar-refractivity contribution in [3.8, 4) is 0 Å². The van der Waals surface area contributed by atoms with Gasteiger partial charge in [0.2, 0.25) is 0 Å². The second-order valence-corrected chi connectivity index (χ2v) is 16.8. The number of Topliss-reactive ketones (excluding diaryl/α,β-unsaturated/α-hetero) is 1. The lowest BCUT2D eigenvalue weighted by atomic mass is 9.90. The van der Waals surface area contributed by atoms with Crippen molar-refractivity contribution in [2.75, 3.05) is 13.2 Å². The number of esters is 4. The van der Waals surface area contributed by atoms with Gasteiger partial charge in [0.25, 0.3) is 0 Å². The number of hydrogen-bond donors (Lipinski definition) is 0. The van der Waals surface area contributed by atoms with E-state index >= 15 is 0 Å². The highest BCUT2D eigenvalue weighted by molar-refractivity contribution is 7.51. The SMILES string of the molecule is C=CC[C@@H]1O[C@H](C[C@@H](COC(=O)c2ccccc2)OC(=O)c2ccccc2)[C@H](C)C1=Cc1ccccc1.C=CC[C@@H]1O[C@H](C[C@@H](COC(=O)c2ccccc2)OC(=O)c2ccccc2)[C@H](C)C1=O.O=S=O. The summed E-state index contributed by atoms with van der Waals surface area (Å²) in [5.74, 6) is -2.24. The maximum absolute atomic E-state index is 12.9. The largest absolute Gasteiger partial charge is 0.458 e. The Morgan fingerprint density at radius 3 is 1.27 bits per heavy atom. The van der Waals surface area contributed by atoms with E-state index in [2.05, 4.69) is 38.3 Å². The third kappa shape index (κ3) is 16.9. The number of ether oxygens (including phenoxy) is 6. The summed E-state index contributed by atoms with van der Waals surface area (Å²) in [5.41, 5.74) is 3.96. The number of carbonyl (C=O) groups excluding carboxylic acids is 5. The van der Waals surface area contributed by atoms with Crippen LogP contribution in [-0.4, -0.2) is 87.9 Å². The summed E-state index contributed by atoms with van der Waals surface area (Å²) in [5, 5.41) is 0. The summed E-state index contributed by atoms with van der Waals surface area (Å²) in [6, 6.07) is 44.8. The highest BCUT2D eigenvalue weighted by Gasteiger charge is 2.42. The van der Waals surface area contributed by atoms with Gasteiger partial charge in [-0.15, -0.1) is 13.2 Å². The Morgan fingerprint density at radius 1 is 0.535 bits per heavy atom. The van der Waals surface area contributed by atoms with Crippen LogP contribution in [0, 0.1) is 11.8 Å². The molecule has 13 nitrogen and oxygen atoms in total. The molecule has 2 saturated heterocycles. The van der Waals surface area contributed by atoms with Gasteiger partial charge in [0, 0.05) is 24.7 Å². The molecule has 0 saturated carbocycles. The second kappa shape index (κ2) is 28.9. The average molecular weight is 983 g/mol. The Hall–Kier alpha value is -7.39. The lowest BCUT2D eigenvalue weighted by Crippen LogP contribution is -2.31. The number of rotatable bonds is 19. The van der Waals surface area contributed by atoms with Crippen LogP contribution < -0.4 is 0 Å². The minimum absolute atomic E-state index is 0.000633. The first-order valence-corrected chi connectivity index (χ1v) is 23.8. The maximum Gasteiger partial charge on any atom is 0.338 e. The highest BCUT2D eigenvalue weighted by atomic mass is 32.1.